The van der Waals surface area contributed by atoms with E-state index in [1.54, 1.807) is 0 Å². The molecule has 0 amide bonds. The lowest BCUT2D eigenvalue weighted by Gasteiger charge is -2.09. The van der Waals surface area contributed by atoms with Gasteiger partial charge in [0.05, 0.1) is 0 Å². The van der Waals surface area contributed by atoms with Gasteiger partial charge in [-0.1, -0.05) is 6.42 Å². The predicted molar refractivity (Wildman–Crippen MR) is 49.3 cm³/mol. The van der Waals surface area contributed by atoms with Crippen LogP contribution in [0.1, 0.15) is 46.0 Å². The van der Waals surface area contributed by atoms with E-state index in [0.717, 1.165) is 18.6 Å². The normalized spacial score (nSPS) is 17.8. The lowest BCUT2D eigenvalue weighted by molar-refractivity contribution is 0.664. The molecule has 1 aliphatic carbocycles. The molecule has 62 valence electrons. The van der Waals surface area contributed by atoms with Gasteiger partial charge in [0.25, 0.3) is 0 Å². The summed E-state index contributed by atoms with van der Waals surface area (Å²) in [5.74, 6) is 0. The second kappa shape index (κ2) is 4.27. The summed E-state index contributed by atoms with van der Waals surface area (Å²) in [4.78, 5) is 0. The molecule has 0 aromatic rings. The van der Waals surface area contributed by atoms with Crippen LogP contribution in [0, 0.1) is 0 Å². The van der Waals surface area contributed by atoms with Gasteiger partial charge in [-0.2, -0.15) is 10.2 Å². The van der Waals surface area contributed by atoms with Crippen molar-refractivity contribution in [1.29, 1.82) is 0 Å². The summed E-state index contributed by atoms with van der Waals surface area (Å²) in [5, 5.41) is 8.24. The summed E-state index contributed by atoms with van der Waals surface area (Å²) in [6, 6.07) is 0. The highest BCUT2D eigenvalue weighted by Gasteiger charge is 2.05. The van der Waals surface area contributed by atoms with Crippen molar-refractivity contribution in [3.05, 3.63) is 0 Å². The highest BCUT2D eigenvalue weighted by Crippen LogP contribution is 2.14. The first kappa shape index (κ1) is 8.44. The maximum atomic E-state index is 4.19. The number of hydrogen-bond donors (Lipinski definition) is 0. The van der Waals surface area contributed by atoms with Crippen molar-refractivity contribution < 1.29 is 0 Å². The van der Waals surface area contributed by atoms with Crippen molar-refractivity contribution in [2.24, 2.45) is 10.2 Å². The van der Waals surface area contributed by atoms with Gasteiger partial charge in [0.1, 0.15) is 0 Å². The van der Waals surface area contributed by atoms with Crippen LogP contribution in [0.2, 0.25) is 0 Å². The van der Waals surface area contributed by atoms with E-state index in [4.69, 9.17) is 0 Å². The minimum Gasteiger partial charge on any atom is -0.161 e. The van der Waals surface area contributed by atoms with Crippen molar-refractivity contribution >= 4 is 11.4 Å². The maximum absolute atomic E-state index is 4.19. The zero-order valence-electron chi connectivity index (χ0n) is 7.43. The third kappa shape index (κ3) is 3.30. The fourth-order valence-corrected chi connectivity index (χ4v) is 1.23. The molecule has 0 saturated heterocycles. The Morgan fingerprint density at radius 2 is 1.73 bits per heavy atom. The summed E-state index contributed by atoms with van der Waals surface area (Å²) < 4.78 is 0. The summed E-state index contributed by atoms with van der Waals surface area (Å²) in [5.41, 5.74) is 2.33. The monoisotopic (exact) mass is 152 g/mol. The number of nitrogens with zero attached hydrogens (tertiary/aromatic N) is 2. The molecule has 2 heteroatoms. The maximum Gasteiger partial charge on any atom is 0.0405 e. The van der Waals surface area contributed by atoms with E-state index >= 15 is 0 Å². The first-order valence-corrected chi connectivity index (χ1v) is 4.35. The van der Waals surface area contributed by atoms with E-state index in [0.29, 0.717) is 0 Å². The van der Waals surface area contributed by atoms with Crippen molar-refractivity contribution in [1.82, 2.24) is 0 Å². The van der Waals surface area contributed by atoms with Crippen LogP contribution < -0.4 is 0 Å². The van der Waals surface area contributed by atoms with Gasteiger partial charge in [0.2, 0.25) is 0 Å². The quantitative estimate of drug-likeness (QED) is 0.408. The number of hydrogen-bond acceptors (Lipinski definition) is 2. The van der Waals surface area contributed by atoms with Crippen LogP contribution in [-0.4, -0.2) is 11.4 Å². The fraction of sp³-hybridized carbons (Fsp3) is 0.778. The van der Waals surface area contributed by atoms with E-state index in [2.05, 4.69) is 10.2 Å². The van der Waals surface area contributed by atoms with E-state index in [1.165, 1.54) is 25.0 Å². The van der Waals surface area contributed by atoms with Crippen LogP contribution in [-0.2, 0) is 0 Å². The standard InChI is InChI=1S/C9H16N2/c1-8(2)10-11-9-6-4-3-5-7-9/h3-7H2,1-2H3. The summed E-state index contributed by atoms with van der Waals surface area (Å²) in [6.45, 7) is 3.96. The molecule has 0 N–H and O–H groups in total. The molecule has 0 heterocycles. The third-order valence-corrected chi connectivity index (χ3v) is 1.82. The van der Waals surface area contributed by atoms with Gasteiger partial charge in [-0.25, -0.2) is 0 Å². The fourth-order valence-electron chi connectivity index (χ4n) is 1.23. The molecule has 0 aliphatic heterocycles. The van der Waals surface area contributed by atoms with Gasteiger partial charge in [-0.15, -0.1) is 0 Å². The molecule has 0 radical (unpaired) electrons. The van der Waals surface area contributed by atoms with Crippen LogP contribution in [0.5, 0.6) is 0 Å². The van der Waals surface area contributed by atoms with Crippen LogP contribution in [0.15, 0.2) is 10.2 Å². The Labute approximate surface area is 68.4 Å². The Bertz CT molecular complexity index is 168. The molecule has 0 unspecified atom stereocenters. The van der Waals surface area contributed by atoms with E-state index in [1.807, 2.05) is 13.8 Å². The van der Waals surface area contributed by atoms with Crippen LogP contribution in [0.3, 0.4) is 0 Å². The zero-order chi connectivity index (χ0) is 8.10. The Morgan fingerprint density at radius 3 is 2.27 bits per heavy atom. The molecule has 1 aliphatic rings. The van der Waals surface area contributed by atoms with E-state index in [9.17, 15) is 0 Å². The lowest BCUT2D eigenvalue weighted by Crippen LogP contribution is -2.03. The van der Waals surface area contributed by atoms with Crippen molar-refractivity contribution in [2.75, 3.05) is 0 Å². The Kier molecular flexibility index (Phi) is 3.27. The average Bonchev–Trinajstić information content (AvgIpc) is 2.03. The SMILES string of the molecule is CC(C)=NN=C1CCCCC1. The molecule has 2 nitrogen and oxygen atoms in total. The van der Waals surface area contributed by atoms with Crippen molar-refractivity contribution in [3.63, 3.8) is 0 Å². The minimum absolute atomic E-state index is 1.04. The third-order valence-electron chi connectivity index (χ3n) is 1.82. The molecule has 1 saturated carbocycles. The zero-order valence-corrected chi connectivity index (χ0v) is 7.43. The molecular weight excluding hydrogens is 136 g/mol. The van der Waals surface area contributed by atoms with Crippen molar-refractivity contribution in [3.8, 4) is 0 Å². The smallest absolute Gasteiger partial charge is 0.0405 e. The van der Waals surface area contributed by atoms with Gasteiger partial charge >= 0.3 is 0 Å². The van der Waals surface area contributed by atoms with Crippen molar-refractivity contribution in [2.45, 2.75) is 46.0 Å². The minimum atomic E-state index is 1.04. The topological polar surface area (TPSA) is 24.7 Å². The van der Waals surface area contributed by atoms with Gasteiger partial charge < -0.3 is 0 Å². The first-order valence-electron chi connectivity index (χ1n) is 4.35. The average molecular weight is 152 g/mol. The highest BCUT2D eigenvalue weighted by molar-refractivity contribution is 5.86. The molecule has 0 aromatic heterocycles. The number of rotatable bonds is 1. The van der Waals surface area contributed by atoms with Crippen LogP contribution in [0.4, 0.5) is 0 Å². The largest absolute Gasteiger partial charge is 0.161 e. The molecule has 1 fully saturated rings. The van der Waals surface area contributed by atoms with Crippen LogP contribution in [0.25, 0.3) is 0 Å². The van der Waals surface area contributed by atoms with Gasteiger partial charge in [0.15, 0.2) is 0 Å². The summed E-state index contributed by atoms with van der Waals surface area (Å²) in [6.07, 6.45) is 6.30. The summed E-state index contributed by atoms with van der Waals surface area (Å²) in [7, 11) is 0. The molecule has 0 spiro atoms. The first-order chi connectivity index (χ1) is 5.29. The molecule has 11 heavy (non-hydrogen) atoms. The molecule has 0 bridgehead atoms. The Morgan fingerprint density at radius 1 is 1.09 bits per heavy atom. The Balaban J connectivity index is 2.44. The van der Waals surface area contributed by atoms with Gasteiger partial charge in [0, 0.05) is 11.4 Å². The predicted octanol–water partition coefficient (Wildman–Crippen LogP) is 2.79. The van der Waals surface area contributed by atoms with E-state index in [-0.39, 0.29) is 0 Å². The highest BCUT2D eigenvalue weighted by atomic mass is 15.2. The molecule has 0 aromatic carbocycles. The lowest BCUT2D eigenvalue weighted by atomic mass is 9.99. The van der Waals surface area contributed by atoms with E-state index < -0.39 is 0 Å². The Hall–Kier alpha value is -0.660. The second-order valence-corrected chi connectivity index (χ2v) is 3.27. The molecule has 1 rings (SSSR count). The van der Waals surface area contributed by atoms with Gasteiger partial charge in [-0.3, -0.25) is 0 Å². The molecule has 0 atom stereocenters. The van der Waals surface area contributed by atoms with Gasteiger partial charge in [-0.05, 0) is 39.5 Å². The summed E-state index contributed by atoms with van der Waals surface area (Å²) >= 11 is 0. The van der Waals surface area contributed by atoms with Crippen LogP contribution >= 0.6 is 0 Å². The second-order valence-electron chi connectivity index (χ2n) is 3.27. The molecular formula is C9H16N2.